The van der Waals surface area contributed by atoms with E-state index in [1.54, 1.807) is 72.8 Å². The first-order valence-corrected chi connectivity index (χ1v) is 16.1. The van der Waals surface area contributed by atoms with Gasteiger partial charge in [-0.3, -0.25) is 13.9 Å². The van der Waals surface area contributed by atoms with E-state index in [1.165, 1.54) is 16.7 Å². The van der Waals surface area contributed by atoms with E-state index in [9.17, 15) is 18.0 Å². The normalized spacial score (nSPS) is 12.2. The third-order valence-corrected chi connectivity index (χ3v) is 9.26. The summed E-state index contributed by atoms with van der Waals surface area (Å²) < 4.78 is 29.0. The number of rotatable bonds is 12. The van der Waals surface area contributed by atoms with Crippen molar-refractivity contribution in [1.29, 1.82) is 0 Å². The maximum absolute atomic E-state index is 14.1. The zero-order valence-electron chi connectivity index (χ0n) is 23.4. The molecule has 1 N–H and O–H groups in total. The highest BCUT2D eigenvalue weighted by molar-refractivity contribution is 7.98. The maximum atomic E-state index is 14.1. The number of hydrogen-bond acceptors (Lipinski definition) is 5. The fourth-order valence-electron chi connectivity index (χ4n) is 4.23. The van der Waals surface area contributed by atoms with Gasteiger partial charge in [0.05, 0.1) is 10.6 Å². The predicted molar refractivity (Wildman–Crippen MR) is 163 cm³/mol. The van der Waals surface area contributed by atoms with Crippen LogP contribution in [0.1, 0.15) is 38.3 Å². The molecule has 3 aromatic rings. The van der Waals surface area contributed by atoms with Gasteiger partial charge < -0.3 is 10.2 Å². The smallest absolute Gasteiger partial charge is 0.264 e. The minimum Gasteiger partial charge on any atom is -0.352 e. The van der Waals surface area contributed by atoms with Crippen LogP contribution in [0.2, 0.25) is 5.02 Å². The molecule has 0 unspecified atom stereocenters. The Morgan fingerprint density at radius 1 is 0.975 bits per heavy atom. The monoisotopic (exact) mass is 601 g/mol. The van der Waals surface area contributed by atoms with Gasteiger partial charge in [0, 0.05) is 22.5 Å². The van der Waals surface area contributed by atoms with Gasteiger partial charge in [-0.25, -0.2) is 8.42 Å². The van der Waals surface area contributed by atoms with Gasteiger partial charge in [-0.15, -0.1) is 11.8 Å². The molecule has 3 aromatic carbocycles. The van der Waals surface area contributed by atoms with Crippen molar-refractivity contribution >= 4 is 50.9 Å². The molecule has 0 aliphatic rings. The second kappa shape index (κ2) is 14.1. The van der Waals surface area contributed by atoms with Crippen LogP contribution in [0, 0.1) is 6.92 Å². The van der Waals surface area contributed by atoms with Gasteiger partial charge in [-0.05, 0) is 81.5 Å². The molecule has 0 spiro atoms. The van der Waals surface area contributed by atoms with E-state index in [2.05, 4.69) is 5.32 Å². The largest absolute Gasteiger partial charge is 0.352 e. The second-order valence-corrected chi connectivity index (χ2v) is 12.9. The molecule has 10 heteroatoms. The fraction of sp³-hybridized carbons (Fsp3) is 0.333. The SMILES string of the molecule is CC[C@H](C(=O)NC(C)C)N(Cc1ccccc1Cl)C(=O)CN(c1ccc(C)cc1)S(=O)(=O)c1ccc(SC)cc1. The topological polar surface area (TPSA) is 86.8 Å². The highest BCUT2D eigenvalue weighted by Gasteiger charge is 2.34. The molecule has 0 fully saturated rings. The van der Waals surface area contributed by atoms with Gasteiger partial charge in [0.25, 0.3) is 10.0 Å². The number of thioether (sulfide) groups is 1. The van der Waals surface area contributed by atoms with E-state index in [1.807, 2.05) is 34.0 Å². The van der Waals surface area contributed by atoms with Gasteiger partial charge in [0.2, 0.25) is 11.8 Å². The van der Waals surface area contributed by atoms with Crippen LogP contribution in [-0.2, 0) is 26.2 Å². The number of anilines is 1. The molecule has 3 rings (SSSR count). The van der Waals surface area contributed by atoms with Gasteiger partial charge >= 0.3 is 0 Å². The predicted octanol–water partition coefficient (Wildman–Crippen LogP) is 5.90. The number of nitrogens with zero attached hydrogens (tertiary/aromatic N) is 2. The number of hydrogen-bond donors (Lipinski definition) is 1. The summed E-state index contributed by atoms with van der Waals surface area (Å²) in [6.07, 6.45) is 2.25. The lowest BCUT2D eigenvalue weighted by atomic mass is 10.1. The first-order chi connectivity index (χ1) is 19.0. The first-order valence-electron chi connectivity index (χ1n) is 13.0. The fourth-order valence-corrected chi connectivity index (χ4v) is 6.24. The van der Waals surface area contributed by atoms with E-state index in [0.717, 1.165) is 14.8 Å². The second-order valence-electron chi connectivity index (χ2n) is 9.72. The molecule has 214 valence electrons. The molecule has 40 heavy (non-hydrogen) atoms. The van der Waals surface area contributed by atoms with Crippen molar-refractivity contribution in [1.82, 2.24) is 10.2 Å². The zero-order chi connectivity index (χ0) is 29.4. The summed E-state index contributed by atoms with van der Waals surface area (Å²) in [5.41, 5.74) is 1.96. The molecule has 2 amide bonds. The molecule has 0 bridgehead atoms. The van der Waals surface area contributed by atoms with Crippen LogP contribution in [0.3, 0.4) is 0 Å². The van der Waals surface area contributed by atoms with Crippen LogP contribution in [0.5, 0.6) is 0 Å². The van der Waals surface area contributed by atoms with E-state index in [-0.39, 0.29) is 23.4 Å². The molecule has 0 radical (unpaired) electrons. The third-order valence-electron chi connectivity index (χ3n) is 6.36. The van der Waals surface area contributed by atoms with E-state index < -0.39 is 28.5 Å². The summed E-state index contributed by atoms with van der Waals surface area (Å²) >= 11 is 7.94. The van der Waals surface area contributed by atoms with E-state index in [0.29, 0.717) is 22.7 Å². The lowest BCUT2D eigenvalue weighted by Gasteiger charge is -2.33. The first kappa shape index (κ1) is 31.5. The molecule has 0 saturated carbocycles. The third kappa shape index (κ3) is 7.80. The Morgan fingerprint density at radius 3 is 2.15 bits per heavy atom. The van der Waals surface area contributed by atoms with Gasteiger partial charge in [-0.1, -0.05) is 54.4 Å². The lowest BCUT2D eigenvalue weighted by Crippen LogP contribution is -2.53. The molecular formula is C30H36ClN3O4S2. The van der Waals surface area contributed by atoms with Crippen molar-refractivity contribution in [2.24, 2.45) is 0 Å². The van der Waals surface area contributed by atoms with Crippen molar-refractivity contribution in [2.45, 2.75) is 62.5 Å². The molecule has 0 aliphatic heterocycles. The van der Waals surface area contributed by atoms with Crippen molar-refractivity contribution in [2.75, 3.05) is 17.1 Å². The van der Waals surface area contributed by atoms with Gasteiger partial charge in [0.15, 0.2) is 0 Å². The Balaban J connectivity index is 2.07. The highest BCUT2D eigenvalue weighted by Crippen LogP contribution is 2.27. The summed E-state index contributed by atoms with van der Waals surface area (Å²) in [7, 11) is -4.12. The molecule has 0 heterocycles. The minimum absolute atomic E-state index is 0.0483. The number of benzene rings is 3. The van der Waals surface area contributed by atoms with Crippen molar-refractivity contribution < 1.29 is 18.0 Å². The Bertz CT molecular complexity index is 1410. The highest BCUT2D eigenvalue weighted by atomic mass is 35.5. The Morgan fingerprint density at radius 2 is 1.60 bits per heavy atom. The summed E-state index contributed by atoms with van der Waals surface area (Å²) in [5, 5.41) is 3.34. The molecule has 0 saturated heterocycles. The molecule has 7 nitrogen and oxygen atoms in total. The Kier molecular flexibility index (Phi) is 11.1. The number of amides is 2. The quantitative estimate of drug-likeness (QED) is 0.261. The van der Waals surface area contributed by atoms with E-state index >= 15 is 0 Å². The van der Waals surface area contributed by atoms with Gasteiger partial charge in [0.1, 0.15) is 12.6 Å². The number of halogens is 1. The van der Waals surface area contributed by atoms with Crippen LogP contribution in [-0.4, -0.2) is 50.0 Å². The Labute approximate surface area is 247 Å². The number of carbonyl (C=O) groups excluding carboxylic acids is 2. The Hall–Kier alpha value is -3.01. The molecule has 0 aromatic heterocycles. The number of aryl methyl sites for hydroxylation is 1. The summed E-state index contributed by atoms with van der Waals surface area (Å²) in [5.74, 6) is -0.828. The van der Waals surface area contributed by atoms with Crippen molar-refractivity contribution in [3.8, 4) is 0 Å². The van der Waals surface area contributed by atoms with Crippen molar-refractivity contribution in [3.63, 3.8) is 0 Å². The maximum Gasteiger partial charge on any atom is 0.264 e. The summed E-state index contributed by atoms with van der Waals surface area (Å²) in [6, 6.07) is 19.6. The number of sulfonamides is 1. The zero-order valence-corrected chi connectivity index (χ0v) is 25.8. The average molecular weight is 602 g/mol. The molecule has 1 atom stereocenters. The lowest BCUT2D eigenvalue weighted by molar-refractivity contribution is -0.140. The number of carbonyl (C=O) groups is 2. The minimum atomic E-state index is -4.12. The van der Waals surface area contributed by atoms with Crippen LogP contribution >= 0.6 is 23.4 Å². The van der Waals surface area contributed by atoms with Gasteiger partial charge in [-0.2, -0.15) is 0 Å². The van der Waals surface area contributed by atoms with E-state index in [4.69, 9.17) is 11.6 Å². The van der Waals surface area contributed by atoms with Crippen molar-refractivity contribution in [3.05, 3.63) is 88.9 Å². The summed E-state index contributed by atoms with van der Waals surface area (Å²) in [4.78, 5) is 29.7. The molecule has 0 aliphatic carbocycles. The van der Waals surface area contributed by atoms with Crippen LogP contribution in [0.4, 0.5) is 5.69 Å². The van der Waals surface area contributed by atoms with Crippen LogP contribution in [0.25, 0.3) is 0 Å². The number of nitrogens with one attached hydrogen (secondary N) is 1. The van der Waals surface area contributed by atoms with Crippen LogP contribution in [0.15, 0.2) is 82.6 Å². The summed E-state index contributed by atoms with van der Waals surface area (Å²) in [6.45, 7) is 6.97. The average Bonchev–Trinajstić information content (AvgIpc) is 2.92. The standard InChI is InChI=1S/C30H36ClN3O4S2/c1-6-28(30(36)32-21(2)3)33(19-23-9-7-8-10-27(23)31)29(35)20-34(24-13-11-22(4)12-14-24)40(37,38)26-17-15-25(39-5)16-18-26/h7-18,21,28H,6,19-20H2,1-5H3,(H,32,36)/t28-/m1/s1. The van der Waals surface area contributed by atoms with Crippen LogP contribution < -0.4 is 9.62 Å². The molecular weight excluding hydrogens is 566 g/mol.